The normalized spacial score (nSPS) is 17.7. The molecule has 4 heteroatoms. The second-order valence-corrected chi connectivity index (χ2v) is 4.44. The Balaban J connectivity index is 2.15. The van der Waals surface area contributed by atoms with E-state index >= 15 is 0 Å². The number of carbonyl (C=O) groups excluding carboxylic acids is 1. The van der Waals surface area contributed by atoms with Gasteiger partial charge in [0.15, 0.2) is 0 Å². The molecule has 1 fully saturated rings. The summed E-state index contributed by atoms with van der Waals surface area (Å²) in [7, 11) is 0. The van der Waals surface area contributed by atoms with E-state index in [0.29, 0.717) is 18.8 Å². The summed E-state index contributed by atoms with van der Waals surface area (Å²) in [6.45, 7) is 4.26. The Kier molecular flexibility index (Phi) is 2.68. The van der Waals surface area contributed by atoms with Gasteiger partial charge in [-0.2, -0.15) is 0 Å². The van der Waals surface area contributed by atoms with Crippen LogP contribution in [-0.2, 0) is 9.53 Å². The molecule has 2 rings (SSSR count). The van der Waals surface area contributed by atoms with Crippen molar-refractivity contribution < 1.29 is 13.9 Å². The van der Waals surface area contributed by atoms with Crippen LogP contribution in [0.4, 0.5) is 10.1 Å². The Labute approximate surface area is 93.6 Å². The molecule has 0 aliphatic carbocycles. The van der Waals surface area contributed by atoms with Crippen molar-refractivity contribution in [1.82, 2.24) is 0 Å². The van der Waals surface area contributed by atoms with E-state index < -0.39 is 5.41 Å². The molecule has 0 bridgehead atoms. The molecule has 3 nitrogen and oxygen atoms in total. The summed E-state index contributed by atoms with van der Waals surface area (Å²) >= 11 is 0. The number of rotatable bonds is 2. The highest BCUT2D eigenvalue weighted by Gasteiger charge is 2.41. The molecule has 1 saturated heterocycles. The molecule has 16 heavy (non-hydrogen) atoms. The summed E-state index contributed by atoms with van der Waals surface area (Å²) in [4.78, 5) is 11.8. The average Bonchev–Trinajstić information content (AvgIpc) is 2.21. The number of carbonyl (C=O) groups is 1. The average molecular weight is 223 g/mol. The van der Waals surface area contributed by atoms with E-state index in [1.165, 1.54) is 0 Å². The molecule has 0 saturated carbocycles. The maximum absolute atomic E-state index is 13.6. The lowest BCUT2D eigenvalue weighted by Gasteiger charge is -2.36. The molecule has 86 valence electrons. The van der Waals surface area contributed by atoms with Gasteiger partial charge in [0.25, 0.3) is 0 Å². The van der Waals surface area contributed by atoms with Crippen molar-refractivity contribution in [3.8, 4) is 0 Å². The van der Waals surface area contributed by atoms with Gasteiger partial charge in [-0.05, 0) is 25.5 Å². The monoisotopic (exact) mass is 223 g/mol. The second kappa shape index (κ2) is 3.87. The highest BCUT2D eigenvalue weighted by Crippen LogP contribution is 2.29. The van der Waals surface area contributed by atoms with Crippen molar-refractivity contribution in [2.75, 3.05) is 18.5 Å². The molecule has 0 spiro atoms. The van der Waals surface area contributed by atoms with E-state index in [1.54, 1.807) is 32.0 Å². The number of amides is 1. The molecular weight excluding hydrogens is 209 g/mol. The van der Waals surface area contributed by atoms with Crippen LogP contribution in [0, 0.1) is 18.2 Å². The zero-order valence-electron chi connectivity index (χ0n) is 9.34. The van der Waals surface area contributed by atoms with Crippen LogP contribution in [0.2, 0.25) is 0 Å². The first-order valence-electron chi connectivity index (χ1n) is 5.17. The fraction of sp³-hybridized carbons (Fsp3) is 0.417. The third-order valence-electron chi connectivity index (χ3n) is 2.83. The topological polar surface area (TPSA) is 38.3 Å². The van der Waals surface area contributed by atoms with Crippen LogP contribution in [0.5, 0.6) is 0 Å². The smallest absolute Gasteiger partial charge is 0.235 e. The van der Waals surface area contributed by atoms with E-state index in [1.807, 2.05) is 0 Å². The fourth-order valence-electron chi connectivity index (χ4n) is 1.56. The summed E-state index contributed by atoms with van der Waals surface area (Å²) in [5, 5.41) is 2.60. The molecule has 1 aromatic carbocycles. The first kappa shape index (κ1) is 11.1. The number of hydrogen-bond donors (Lipinski definition) is 1. The van der Waals surface area contributed by atoms with Crippen LogP contribution in [-0.4, -0.2) is 19.1 Å². The lowest BCUT2D eigenvalue weighted by Crippen LogP contribution is -2.49. The van der Waals surface area contributed by atoms with Crippen LogP contribution in [0.15, 0.2) is 18.2 Å². The SMILES string of the molecule is Cc1cccc(NC(=O)C2(C)COC2)c1F. The van der Waals surface area contributed by atoms with Crippen LogP contribution in [0.25, 0.3) is 0 Å². The first-order valence-corrected chi connectivity index (χ1v) is 5.17. The Morgan fingerprint density at radius 3 is 2.75 bits per heavy atom. The van der Waals surface area contributed by atoms with Gasteiger partial charge in [-0.15, -0.1) is 0 Å². The number of nitrogens with one attached hydrogen (secondary N) is 1. The lowest BCUT2D eigenvalue weighted by atomic mass is 9.87. The van der Waals surface area contributed by atoms with E-state index in [4.69, 9.17) is 4.74 Å². The predicted molar refractivity (Wildman–Crippen MR) is 58.7 cm³/mol. The van der Waals surface area contributed by atoms with Crippen molar-refractivity contribution in [3.63, 3.8) is 0 Å². The van der Waals surface area contributed by atoms with Crippen molar-refractivity contribution >= 4 is 11.6 Å². The van der Waals surface area contributed by atoms with Gasteiger partial charge in [0.05, 0.1) is 24.3 Å². The molecule has 1 heterocycles. The number of hydrogen-bond acceptors (Lipinski definition) is 2. The molecule has 1 aromatic rings. The van der Waals surface area contributed by atoms with Crippen LogP contribution in [0.1, 0.15) is 12.5 Å². The zero-order chi connectivity index (χ0) is 11.8. The van der Waals surface area contributed by atoms with E-state index in [-0.39, 0.29) is 17.4 Å². The molecule has 0 unspecified atom stereocenters. The highest BCUT2D eigenvalue weighted by molar-refractivity contribution is 5.96. The standard InChI is InChI=1S/C12H14FNO2/c1-8-4-3-5-9(10(8)13)14-11(15)12(2)6-16-7-12/h3-5H,6-7H2,1-2H3,(H,14,15). The van der Waals surface area contributed by atoms with Crippen LogP contribution < -0.4 is 5.32 Å². The number of ether oxygens (including phenoxy) is 1. The van der Waals surface area contributed by atoms with Crippen molar-refractivity contribution in [2.45, 2.75) is 13.8 Å². The summed E-state index contributed by atoms with van der Waals surface area (Å²) < 4.78 is 18.6. The van der Waals surface area contributed by atoms with Crippen LogP contribution in [0.3, 0.4) is 0 Å². The predicted octanol–water partition coefficient (Wildman–Crippen LogP) is 2.11. The largest absolute Gasteiger partial charge is 0.379 e. The first-order chi connectivity index (χ1) is 7.53. The van der Waals surface area contributed by atoms with E-state index in [0.717, 1.165) is 0 Å². The minimum absolute atomic E-state index is 0.191. The van der Waals surface area contributed by atoms with Crippen molar-refractivity contribution in [2.24, 2.45) is 5.41 Å². The van der Waals surface area contributed by atoms with Gasteiger partial charge in [-0.1, -0.05) is 12.1 Å². The van der Waals surface area contributed by atoms with E-state index in [2.05, 4.69) is 5.32 Å². The Morgan fingerprint density at radius 2 is 2.19 bits per heavy atom. The summed E-state index contributed by atoms with van der Waals surface area (Å²) in [5.74, 6) is -0.567. The number of aryl methyl sites for hydroxylation is 1. The van der Waals surface area contributed by atoms with Gasteiger partial charge < -0.3 is 10.1 Å². The minimum atomic E-state index is -0.518. The molecule has 1 aliphatic rings. The molecule has 0 radical (unpaired) electrons. The van der Waals surface area contributed by atoms with Crippen molar-refractivity contribution in [1.29, 1.82) is 0 Å². The third kappa shape index (κ3) is 1.80. The number of halogens is 1. The minimum Gasteiger partial charge on any atom is -0.379 e. The lowest BCUT2D eigenvalue weighted by molar-refractivity contribution is -0.151. The Morgan fingerprint density at radius 1 is 1.50 bits per heavy atom. The zero-order valence-corrected chi connectivity index (χ0v) is 9.34. The van der Waals surface area contributed by atoms with Gasteiger partial charge in [-0.25, -0.2) is 4.39 Å². The summed E-state index contributed by atoms with van der Waals surface area (Å²) in [6, 6.07) is 4.94. The van der Waals surface area contributed by atoms with Crippen LogP contribution >= 0.6 is 0 Å². The molecule has 1 N–H and O–H groups in total. The van der Waals surface area contributed by atoms with Gasteiger partial charge in [0, 0.05) is 0 Å². The fourth-order valence-corrected chi connectivity index (χ4v) is 1.56. The van der Waals surface area contributed by atoms with Gasteiger partial charge in [0.2, 0.25) is 5.91 Å². The Hall–Kier alpha value is -1.42. The Bertz CT molecular complexity index is 427. The number of benzene rings is 1. The van der Waals surface area contributed by atoms with Gasteiger partial charge in [-0.3, -0.25) is 4.79 Å². The third-order valence-corrected chi connectivity index (χ3v) is 2.83. The van der Waals surface area contributed by atoms with Gasteiger partial charge >= 0.3 is 0 Å². The summed E-state index contributed by atoms with van der Waals surface area (Å²) in [5.41, 5.74) is 0.238. The van der Waals surface area contributed by atoms with E-state index in [9.17, 15) is 9.18 Å². The van der Waals surface area contributed by atoms with Gasteiger partial charge in [0.1, 0.15) is 5.82 Å². The highest BCUT2D eigenvalue weighted by atomic mass is 19.1. The summed E-state index contributed by atoms with van der Waals surface area (Å²) in [6.07, 6.45) is 0. The molecule has 1 aliphatic heterocycles. The molecule has 0 atom stereocenters. The number of anilines is 1. The quantitative estimate of drug-likeness (QED) is 0.833. The maximum atomic E-state index is 13.6. The second-order valence-electron chi connectivity index (χ2n) is 4.44. The van der Waals surface area contributed by atoms with Crippen molar-refractivity contribution in [3.05, 3.63) is 29.6 Å². The maximum Gasteiger partial charge on any atom is 0.235 e. The molecule has 0 aromatic heterocycles. The molecular formula is C12H14FNO2. The molecule has 1 amide bonds.